The number of nitrogens with zero attached hydrogens (tertiary/aromatic N) is 1. The zero-order valence-electron chi connectivity index (χ0n) is 5.29. The maximum atomic E-state index is 10.0. The van der Waals surface area contributed by atoms with Gasteiger partial charge >= 0.3 is 6.09 Å². The fourth-order valence-corrected chi connectivity index (χ4v) is 1.16. The lowest BCUT2D eigenvalue weighted by Gasteiger charge is -1.89. The molecule has 1 aromatic rings. The Labute approximate surface area is 61.5 Å². The second-order valence-corrected chi connectivity index (χ2v) is 2.94. The first-order valence-electron chi connectivity index (χ1n) is 2.61. The molecule has 0 unspecified atom stereocenters. The molecular weight excluding hydrogens is 152 g/mol. The van der Waals surface area contributed by atoms with Gasteiger partial charge in [-0.2, -0.15) is 0 Å². The summed E-state index contributed by atoms with van der Waals surface area (Å²) in [6.07, 6.45) is 0.546. The standard InChI is InChI=1S/C5H6N2O2S/c1-3-2-6-4(10-3)7-5(8)9/h2H,1H3,(H,6,7)(H,8,9). The van der Waals surface area contributed by atoms with Crippen molar-refractivity contribution in [3.8, 4) is 0 Å². The van der Waals surface area contributed by atoms with Crippen molar-refractivity contribution in [2.75, 3.05) is 5.32 Å². The highest BCUT2D eigenvalue weighted by Crippen LogP contribution is 2.15. The number of anilines is 1. The van der Waals surface area contributed by atoms with E-state index in [2.05, 4.69) is 10.3 Å². The first kappa shape index (κ1) is 7.01. The molecule has 0 radical (unpaired) electrons. The molecule has 0 saturated heterocycles. The zero-order valence-corrected chi connectivity index (χ0v) is 6.10. The second-order valence-electron chi connectivity index (χ2n) is 1.71. The molecule has 1 aromatic heterocycles. The van der Waals surface area contributed by atoms with Crippen molar-refractivity contribution in [3.63, 3.8) is 0 Å². The van der Waals surface area contributed by atoms with Gasteiger partial charge in [0.1, 0.15) is 0 Å². The summed E-state index contributed by atoms with van der Waals surface area (Å²) in [5.74, 6) is 0. The summed E-state index contributed by atoms with van der Waals surface area (Å²) in [4.78, 5) is 14.8. The van der Waals surface area contributed by atoms with Gasteiger partial charge in [0.25, 0.3) is 0 Å². The summed E-state index contributed by atoms with van der Waals surface area (Å²) >= 11 is 1.31. The van der Waals surface area contributed by atoms with Crippen LogP contribution in [0.5, 0.6) is 0 Å². The number of rotatable bonds is 1. The van der Waals surface area contributed by atoms with E-state index >= 15 is 0 Å². The number of hydrogen-bond donors (Lipinski definition) is 2. The number of hydrogen-bond acceptors (Lipinski definition) is 3. The van der Waals surface area contributed by atoms with Crippen LogP contribution in [0, 0.1) is 6.92 Å². The molecule has 0 aliphatic carbocycles. The molecular formula is C5H6N2O2S. The average Bonchev–Trinajstić information content (AvgIpc) is 2.13. The highest BCUT2D eigenvalue weighted by molar-refractivity contribution is 7.15. The second kappa shape index (κ2) is 2.66. The Balaban J connectivity index is 2.67. The number of carbonyl (C=O) groups is 1. The highest BCUT2D eigenvalue weighted by atomic mass is 32.1. The molecule has 0 atom stereocenters. The third-order valence-corrected chi connectivity index (χ3v) is 1.66. The molecule has 0 bridgehead atoms. The summed E-state index contributed by atoms with van der Waals surface area (Å²) < 4.78 is 0. The minimum atomic E-state index is -1.07. The van der Waals surface area contributed by atoms with E-state index in [0.717, 1.165) is 4.88 Å². The van der Waals surface area contributed by atoms with Crippen LogP contribution >= 0.6 is 11.3 Å². The number of amides is 1. The molecule has 54 valence electrons. The summed E-state index contributed by atoms with van der Waals surface area (Å²) in [5, 5.41) is 10.8. The van der Waals surface area contributed by atoms with Crippen molar-refractivity contribution < 1.29 is 9.90 Å². The van der Waals surface area contributed by atoms with Gasteiger partial charge in [-0.1, -0.05) is 0 Å². The first-order chi connectivity index (χ1) is 4.68. The molecule has 0 spiro atoms. The first-order valence-corrected chi connectivity index (χ1v) is 3.42. The molecule has 0 aliphatic rings. The Morgan fingerprint density at radius 3 is 3.00 bits per heavy atom. The van der Waals surface area contributed by atoms with Crippen LogP contribution in [-0.2, 0) is 0 Å². The fourth-order valence-electron chi connectivity index (χ4n) is 0.504. The van der Waals surface area contributed by atoms with Crippen LogP contribution in [0.1, 0.15) is 4.88 Å². The molecule has 1 rings (SSSR count). The lowest BCUT2D eigenvalue weighted by atomic mass is 10.7. The summed E-state index contributed by atoms with van der Waals surface area (Å²) in [6, 6.07) is 0. The summed E-state index contributed by atoms with van der Waals surface area (Å²) in [6.45, 7) is 1.87. The van der Waals surface area contributed by atoms with Gasteiger partial charge in [0.2, 0.25) is 0 Å². The Kier molecular flexibility index (Phi) is 1.86. The van der Waals surface area contributed by atoms with E-state index in [-0.39, 0.29) is 0 Å². The van der Waals surface area contributed by atoms with E-state index in [0.29, 0.717) is 5.13 Å². The third-order valence-electron chi connectivity index (χ3n) is 0.835. The van der Waals surface area contributed by atoms with Gasteiger partial charge in [-0.15, -0.1) is 11.3 Å². The number of carboxylic acid groups (broad SMARTS) is 1. The van der Waals surface area contributed by atoms with Crippen molar-refractivity contribution >= 4 is 22.6 Å². The van der Waals surface area contributed by atoms with Gasteiger partial charge in [-0.3, -0.25) is 5.32 Å². The molecule has 4 nitrogen and oxygen atoms in total. The Morgan fingerprint density at radius 2 is 2.60 bits per heavy atom. The predicted octanol–water partition coefficient (Wildman–Crippen LogP) is 1.54. The molecule has 0 aromatic carbocycles. The molecule has 0 aliphatic heterocycles. The van der Waals surface area contributed by atoms with Crippen LogP contribution in [0.15, 0.2) is 6.20 Å². The van der Waals surface area contributed by atoms with Gasteiger partial charge in [-0.25, -0.2) is 9.78 Å². The SMILES string of the molecule is Cc1cnc(NC(=O)O)s1. The highest BCUT2D eigenvalue weighted by Gasteiger charge is 2.00. The maximum absolute atomic E-state index is 10.0. The minimum Gasteiger partial charge on any atom is -0.465 e. The van der Waals surface area contributed by atoms with E-state index in [1.807, 2.05) is 6.92 Å². The Morgan fingerprint density at radius 1 is 1.90 bits per heavy atom. The third kappa shape index (κ3) is 1.70. The number of thiazole rings is 1. The van der Waals surface area contributed by atoms with Crippen LogP contribution in [0.2, 0.25) is 0 Å². The smallest absolute Gasteiger partial charge is 0.410 e. The van der Waals surface area contributed by atoms with Crippen LogP contribution in [0.4, 0.5) is 9.93 Å². The van der Waals surface area contributed by atoms with Gasteiger partial charge in [0.05, 0.1) is 0 Å². The average molecular weight is 158 g/mol. The number of nitrogens with one attached hydrogen (secondary N) is 1. The van der Waals surface area contributed by atoms with E-state index < -0.39 is 6.09 Å². The molecule has 1 amide bonds. The Bertz CT molecular complexity index is 246. The lowest BCUT2D eigenvalue weighted by Crippen LogP contribution is -2.06. The van der Waals surface area contributed by atoms with Crippen LogP contribution in [0.3, 0.4) is 0 Å². The monoisotopic (exact) mass is 158 g/mol. The van der Waals surface area contributed by atoms with Crippen molar-refractivity contribution in [1.29, 1.82) is 0 Å². The molecule has 10 heavy (non-hydrogen) atoms. The lowest BCUT2D eigenvalue weighted by molar-refractivity contribution is 0.209. The van der Waals surface area contributed by atoms with Crippen molar-refractivity contribution in [2.24, 2.45) is 0 Å². The number of aromatic nitrogens is 1. The normalized spacial score (nSPS) is 9.30. The van der Waals surface area contributed by atoms with Crippen LogP contribution in [-0.4, -0.2) is 16.2 Å². The molecule has 1 heterocycles. The van der Waals surface area contributed by atoms with Gasteiger partial charge < -0.3 is 5.11 Å². The van der Waals surface area contributed by atoms with Crippen molar-refractivity contribution in [1.82, 2.24) is 4.98 Å². The van der Waals surface area contributed by atoms with E-state index in [1.165, 1.54) is 11.3 Å². The van der Waals surface area contributed by atoms with Crippen molar-refractivity contribution in [3.05, 3.63) is 11.1 Å². The molecule has 5 heteroatoms. The van der Waals surface area contributed by atoms with Gasteiger partial charge in [-0.05, 0) is 6.92 Å². The Hall–Kier alpha value is -1.10. The van der Waals surface area contributed by atoms with Crippen molar-refractivity contribution in [2.45, 2.75) is 6.92 Å². The maximum Gasteiger partial charge on any atom is 0.410 e. The number of aryl methyl sites for hydroxylation is 1. The fraction of sp³-hybridized carbons (Fsp3) is 0.200. The topological polar surface area (TPSA) is 62.2 Å². The summed E-state index contributed by atoms with van der Waals surface area (Å²) in [5.41, 5.74) is 0. The van der Waals surface area contributed by atoms with E-state index in [9.17, 15) is 4.79 Å². The minimum absolute atomic E-state index is 0.421. The van der Waals surface area contributed by atoms with E-state index in [1.54, 1.807) is 6.20 Å². The van der Waals surface area contributed by atoms with Crippen LogP contribution in [0.25, 0.3) is 0 Å². The quantitative estimate of drug-likeness (QED) is 0.651. The van der Waals surface area contributed by atoms with Crippen LogP contribution < -0.4 is 5.32 Å². The molecule has 0 saturated carbocycles. The molecule has 0 fully saturated rings. The van der Waals surface area contributed by atoms with E-state index in [4.69, 9.17) is 5.11 Å². The van der Waals surface area contributed by atoms with Gasteiger partial charge in [0.15, 0.2) is 5.13 Å². The molecule has 2 N–H and O–H groups in total. The van der Waals surface area contributed by atoms with Gasteiger partial charge in [0, 0.05) is 11.1 Å². The summed E-state index contributed by atoms with van der Waals surface area (Å²) in [7, 11) is 0. The zero-order chi connectivity index (χ0) is 7.56. The largest absolute Gasteiger partial charge is 0.465 e. The predicted molar refractivity (Wildman–Crippen MR) is 38.5 cm³/mol.